The Morgan fingerprint density at radius 2 is 1.81 bits per heavy atom. The summed E-state index contributed by atoms with van der Waals surface area (Å²) in [5, 5.41) is 1.10. The summed E-state index contributed by atoms with van der Waals surface area (Å²) in [6, 6.07) is 12.1. The Balaban J connectivity index is 1.25. The van der Waals surface area contributed by atoms with Crippen molar-refractivity contribution >= 4 is 16.8 Å². The first kappa shape index (κ1) is 20.2. The fraction of sp³-hybridized carbons (Fsp3) is 0.400. The molecule has 2 aliphatic heterocycles. The Labute approximate surface area is 180 Å². The summed E-state index contributed by atoms with van der Waals surface area (Å²) in [5.41, 5.74) is 2.24. The number of amides is 1. The Kier molecular flexibility index (Phi) is 5.26. The van der Waals surface area contributed by atoms with E-state index < -0.39 is 11.6 Å². The van der Waals surface area contributed by atoms with E-state index in [0.717, 1.165) is 61.9 Å². The molecule has 1 spiro atoms. The van der Waals surface area contributed by atoms with Gasteiger partial charge in [-0.25, -0.2) is 8.78 Å². The molecule has 0 radical (unpaired) electrons. The molecule has 5 rings (SSSR count). The maximum atomic E-state index is 14.1. The second kappa shape index (κ2) is 8.08. The molecule has 0 saturated carbocycles. The van der Waals surface area contributed by atoms with Crippen LogP contribution in [-0.2, 0) is 17.8 Å². The number of likely N-dealkylation sites (tertiary alicyclic amines) is 2. The molecule has 4 nitrogen and oxygen atoms in total. The number of para-hydroxylation sites is 1. The number of fused-ring (bicyclic) bond motifs is 1. The van der Waals surface area contributed by atoms with Gasteiger partial charge in [-0.1, -0.05) is 24.3 Å². The van der Waals surface area contributed by atoms with Gasteiger partial charge in [-0.15, -0.1) is 0 Å². The fourth-order valence-electron chi connectivity index (χ4n) is 5.39. The minimum absolute atomic E-state index is 0.0237. The molecular weight excluding hydrogens is 396 g/mol. The van der Waals surface area contributed by atoms with Gasteiger partial charge in [-0.3, -0.25) is 9.69 Å². The van der Waals surface area contributed by atoms with Gasteiger partial charge < -0.3 is 9.88 Å². The monoisotopic (exact) mass is 423 g/mol. The van der Waals surface area contributed by atoms with Crippen molar-refractivity contribution in [1.29, 1.82) is 0 Å². The topological polar surface area (TPSA) is 39.3 Å². The molecule has 1 aromatic heterocycles. The van der Waals surface area contributed by atoms with E-state index in [1.807, 2.05) is 35.4 Å². The lowest BCUT2D eigenvalue weighted by molar-refractivity contribution is -0.130. The standard InChI is InChI=1S/C25H27F2N3O/c26-21-6-3-7-22(27)20(21)15-29-11-4-9-25(16-29)10-12-30(17-25)24(31)13-18-14-28-23-8-2-1-5-19(18)23/h1-3,5-8,14,28H,4,9-13,15-17H2. The molecule has 2 saturated heterocycles. The Bertz CT molecular complexity index is 1090. The lowest BCUT2D eigenvalue weighted by Gasteiger charge is -2.40. The van der Waals surface area contributed by atoms with Crippen LogP contribution < -0.4 is 0 Å². The number of benzene rings is 2. The van der Waals surface area contributed by atoms with Crippen LogP contribution in [0.15, 0.2) is 48.7 Å². The highest BCUT2D eigenvalue weighted by Crippen LogP contribution is 2.40. The van der Waals surface area contributed by atoms with Crippen molar-refractivity contribution in [3.63, 3.8) is 0 Å². The fourth-order valence-corrected chi connectivity index (χ4v) is 5.39. The van der Waals surface area contributed by atoms with Gasteiger partial charge in [0.25, 0.3) is 0 Å². The van der Waals surface area contributed by atoms with Crippen LogP contribution in [0.25, 0.3) is 10.9 Å². The van der Waals surface area contributed by atoms with Gasteiger partial charge in [0.15, 0.2) is 0 Å². The summed E-state index contributed by atoms with van der Waals surface area (Å²) < 4.78 is 28.2. The number of hydrogen-bond acceptors (Lipinski definition) is 2. The first-order chi connectivity index (χ1) is 15.0. The van der Waals surface area contributed by atoms with Crippen molar-refractivity contribution in [2.45, 2.75) is 32.2 Å². The van der Waals surface area contributed by atoms with Gasteiger partial charge >= 0.3 is 0 Å². The summed E-state index contributed by atoms with van der Waals surface area (Å²) in [6.45, 7) is 3.37. The highest BCUT2D eigenvalue weighted by atomic mass is 19.1. The normalized spacial score (nSPS) is 21.9. The number of nitrogens with one attached hydrogen (secondary N) is 1. The van der Waals surface area contributed by atoms with E-state index in [4.69, 9.17) is 0 Å². The zero-order valence-electron chi connectivity index (χ0n) is 17.5. The van der Waals surface area contributed by atoms with Crippen LogP contribution in [0.3, 0.4) is 0 Å². The number of aromatic amines is 1. The first-order valence-electron chi connectivity index (χ1n) is 11.0. The average molecular weight is 424 g/mol. The van der Waals surface area contributed by atoms with Crippen LogP contribution >= 0.6 is 0 Å². The van der Waals surface area contributed by atoms with E-state index in [1.165, 1.54) is 18.2 Å². The van der Waals surface area contributed by atoms with Gasteiger partial charge in [0.05, 0.1) is 6.42 Å². The molecule has 1 unspecified atom stereocenters. The van der Waals surface area contributed by atoms with Gasteiger partial charge in [-0.2, -0.15) is 0 Å². The smallest absolute Gasteiger partial charge is 0.227 e. The number of carbonyl (C=O) groups excluding carboxylic acids is 1. The van der Waals surface area contributed by atoms with Crippen molar-refractivity contribution in [2.75, 3.05) is 26.2 Å². The highest BCUT2D eigenvalue weighted by Gasteiger charge is 2.42. The molecule has 2 aromatic carbocycles. The van der Waals surface area contributed by atoms with Crippen LogP contribution in [-0.4, -0.2) is 46.9 Å². The molecular formula is C25H27F2N3O. The summed E-state index contributed by atoms with van der Waals surface area (Å²) in [7, 11) is 0. The molecule has 2 fully saturated rings. The Morgan fingerprint density at radius 3 is 2.65 bits per heavy atom. The number of hydrogen-bond donors (Lipinski definition) is 1. The largest absolute Gasteiger partial charge is 0.361 e. The lowest BCUT2D eigenvalue weighted by Crippen LogP contribution is -2.45. The molecule has 0 bridgehead atoms. The number of rotatable bonds is 4. The summed E-state index contributed by atoms with van der Waals surface area (Å²) in [5.74, 6) is -0.818. The summed E-state index contributed by atoms with van der Waals surface area (Å²) in [6.07, 6.45) is 5.31. The molecule has 3 heterocycles. The molecule has 0 aliphatic carbocycles. The number of piperidine rings is 1. The highest BCUT2D eigenvalue weighted by molar-refractivity contribution is 5.89. The van der Waals surface area contributed by atoms with E-state index in [-0.39, 0.29) is 23.4 Å². The maximum Gasteiger partial charge on any atom is 0.227 e. The molecule has 1 atom stereocenters. The lowest BCUT2D eigenvalue weighted by atomic mass is 9.79. The number of nitrogens with zero attached hydrogens (tertiary/aromatic N) is 2. The SMILES string of the molecule is O=C(Cc1c[nH]c2ccccc12)N1CCC2(CCCN(Cc3c(F)cccc3F)C2)C1. The van der Waals surface area contributed by atoms with Crippen LogP contribution in [0.1, 0.15) is 30.4 Å². The van der Waals surface area contributed by atoms with E-state index in [9.17, 15) is 13.6 Å². The van der Waals surface area contributed by atoms with Crippen LogP contribution in [0, 0.1) is 17.0 Å². The van der Waals surface area contributed by atoms with Gasteiger partial charge in [0.1, 0.15) is 11.6 Å². The predicted octanol–water partition coefficient (Wildman–Crippen LogP) is 4.50. The number of H-pyrrole nitrogens is 1. The Hall–Kier alpha value is -2.73. The Morgan fingerprint density at radius 1 is 1.00 bits per heavy atom. The minimum atomic E-state index is -0.485. The predicted molar refractivity (Wildman–Crippen MR) is 117 cm³/mol. The van der Waals surface area contributed by atoms with E-state index in [1.54, 1.807) is 0 Å². The third kappa shape index (κ3) is 3.97. The van der Waals surface area contributed by atoms with Crippen molar-refractivity contribution in [1.82, 2.24) is 14.8 Å². The number of halogens is 2. The van der Waals surface area contributed by atoms with Gasteiger partial charge in [0, 0.05) is 54.3 Å². The molecule has 162 valence electrons. The third-order valence-electron chi connectivity index (χ3n) is 6.99. The maximum absolute atomic E-state index is 14.1. The zero-order valence-corrected chi connectivity index (χ0v) is 17.5. The van der Waals surface area contributed by atoms with E-state index in [0.29, 0.717) is 6.42 Å². The third-order valence-corrected chi connectivity index (χ3v) is 6.99. The molecule has 1 N–H and O–H groups in total. The van der Waals surface area contributed by atoms with Crippen LogP contribution in [0.2, 0.25) is 0 Å². The molecule has 3 aromatic rings. The minimum Gasteiger partial charge on any atom is -0.361 e. The zero-order chi connectivity index (χ0) is 21.4. The average Bonchev–Trinajstić information content (AvgIpc) is 3.36. The first-order valence-corrected chi connectivity index (χ1v) is 11.0. The molecule has 6 heteroatoms. The molecule has 31 heavy (non-hydrogen) atoms. The summed E-state index contributed by atoms with van der Waals surface area (Å²) in [4.78, 5) is 20.4. The van der Waals surface area contributed by atoms with Gasteiger partial charge in [0.2, 0.25) is 5.91 Å². The quantitative estimate of drug-likeness (QED) is 0.671. The van der Waals surface area contributed by atoms with E-state index >= 15 is 0 Å². The number of carbonyl (C=O) groups is 1. The second-order valence-electron chi connectivity index (χ2n) is 9.12. The van der Waals surface area contributed by atoms with Crippen molar-refractivity contribution in [3.8, 4) is 0 Å². The molecule has 1 amide bonds. The van der Waals surface area contributed by atoms with Crippen molar-refractivity contribution < 1.29 is 13.6 Å². The van der Waals surface area contributed by atoms with E-state index in [2.05, 4.69) is 9.88 Å². The summed E-state index contributed by atoms with van der Waals surface area (Å²) >= 11 is 0. The number of aromatic nitrogens is 1. The molecule has 2 aliphatic rings. The van der Waals surface area contributed by atoms with Crippen molar-refractivity contribution in [3.05, 3.63) is 71.4 Å². The second-order valence-corrected chi connectivity index (χ2v) is 9.12. The van der Waals surface area contributed by atoms with Gasteiger partial charge in [-0.05, 0) is 49.6 Å². The van der Waals surface area contributed by atoms with Crippen LogP contribution in [0.4, 0.5) is 8.78 Å². The van der Waals surface area contributed by atoms with Crippen molar-refractivity contribution in [2.24, 2.45) is 5.41 Å². The van der Waals surface area contributed by atoms with Crippen LogP contribution in [0.5, 0.6) is 0 Å².